The van der Waals surface area contributed by atoms with Gasteiger partial charge in [0.1, 0.15) is 0 Å². The Balaban J connectivity index is 2.69. The number of aromatic nitrogens is 1. The fourth-order valence-electron chi connectivity index (χ4n) is 1.90. The molecule has 0 saturated heterocycles. The molecule has 0 fully saturated rings. The summed E-state index contributed by atoms with van der Waals surface area (Å²) >= 11 is 11.6. The van der Waals surface area contributed by atoms with E-state index in [0.717, 1.165) is 0 Å². The summed E-state index contributed by atoms with van der Waals surface area (Å²) < 4.78 is 38.3. The van der Waals surface area contributed by atoms with E-state index in [2.05, 4.69) is 4.98 Å². The molecule has 0 aliphatic rings. The normalized spacial score (nSPS) is 11.6. The minimum Gasteiger partial charge on any atom is -0.476 e. The number of carbonyl (C=O) groups is 1. The molecule has 4 N–H and O–H groups in total. The predicted octanol–water partition coefficient (Wildman–Crippen LogP) is 3.36. The molecule has 0 aliphatic carbocycles. The van der Waals surface area contributed by atoms with E-state index in [-0.39, 0.29) is 27.0 Å². The van der Waals surface area contributed by atoms with Crippen molar-refractivity contribution >= 4 is 34.9 Å². The van der Waals surface area contributed by atoms with Crippen LogP contribution < -0.4 is 5.48 Å². The van der Waals surface area contributed by atoms with Gasteiger partial charge >= 0.3 is 12.1 Å². The van der Waals surface area contributed by atoms with Gasteiger partial charge in [-0.2, -0.15) is 18.7 Å². The van der Waals surface area contributed by atoms with Crippen molar-refractivity contribution in [2.45, 2.75) is 6.18 Å². The molecule has 1 aromatic heterocycles. The van der Waals surface area contributed by atoms with Crippen LogP contribution in [0.15, 0.2) is 24.3 Å². The minimum atomic E-state index is -4.65. The highest BCUT2D eigenvalue weighted by atomic mass is 35.5. The summed E-state index contributed by atoms with van der Waals surface area (Å²) in [7, 11) is 0. The Kier molecular flexibility index (Phi) is 4.81. The molecule has 0 saturated carbocycles. The number of nitrogens with two attached hydrogens (primary N) is 1. The average molecular weight is 368 g/mol. The van der Waals surface area contributed by atoms with Gasteiger partial charge in [-0.1, -0.05) is 23.2 Å². The van der Waals surface area contributed by atoms with Crippen LogP contribution in [0, 0.1) is 0 Å². The Labute approximate surface area is 137 Å². The van der Waals surface area contributed by atoms with Gasteiger partial charge in [0.05, 0.1) is 26.9 Å². The van der Waals surface area contributed by atoms with Crippen LogP contribution >= 0.6 is 23.2 Å². The van der Waals surface area contributed by atoms with Crippen molar-refractivity contribution in [1.82, 2.24) is 4.98 Å². The van der Waals surface area contributed by atoms with Crippen molar-refractivity contribution in [2.24, 2.45) is 0 Å². The minimum absolute atomic E-state index is 0.0363. The zero-order valence-corrected chi connectivity index (χ0v) is 12.5. The average Bonchev–Trinajstić information content (AvgIpc) is 2.46. The number of alkyl halides is 3. The van der Waals surface area contributed by atoms with Crippen LogP contribution in [-0.4, -0.2) is 21.3 Å². The Morgan fingerprint density at radius 1 is 1.17 bits per heavy atom. The van der Waals surface area contributed by atoms with Gasteiger partial charge < -0.3 is 5.11 Å². The third kappa shape index (κ3) is 3.56. The Hall–Kier alpha value is -1.87. The van der Waals surface area contributed by atoms with Crippen molar-refractivity contribution in [3.63, 3.8) is 0 Å². The molecule has 1 aromatic carbocycles. The summed E-state index contributed by atoms with van der Waals surface area (Å²) in [5, 5.41) is 17.7. The van der Waals surface area contributed by atoms with Crippen molar-refractivity contribution < 1.29 is 33.8 Å². The molecule has 0 bridgehead atoms. The second-order valence-electron chi connectivity index (χ2n) is 4.38. The summed E-state index contributed by atoms with van der Waals surface area (Å²) in [5.41, 5.74) is -1.43. The van der Waals surface area contributed by atoms with E-state index in [0.29, 0.717) is 17.6 Å². The molecule has 2 aromatic rings. The van der Waals surface area contributed by atoms with Crippen LogP contribution in [0.25, 0.3) is 11.3 Å². The predicted molar refractivity (Wildman–Crippen MR) is 75.0 cm³/mol. The molecule has 0 spiro atoms. The first-order chi connectivity index (χ1) is 10.6. The first-order valence-corrected chi connectivity index (χ1v) is 6.69. The van der Waals surface area contributed by atoms with Gasteiger partial charge in [-0.25, -0.2) is 15.0 Å². The van der Waals surface area contributed by atoms with E-state index in [4.69, 9.17) is 28.3 Å². The zero-order chi connectivity index (χ0) is 17.4. The van der Waals surface area contributed by atoms with Gasteiger partial charge in [0.15, 0.2) is 11.4 Å². The maximum atomic E-state index is 12.8. The number of rotatable bonds is 3. The van der Waals surface area contributed by atoms with Crippen LogP contribution in [0.3, 0.4) is 0 Å². The summed E-state index contributed by atoms with van der Waals surface area (Å²) in [5.74, 6) is -1.41. The number of hydrogen-bond acceptors (Lipinski definition) is 3. The lowest BCUT2D eigenvalue weighted by atomic mass is 10.0. The zero-order valence-electron chi connectivity index (χ0n) is 11.0. The molecule has 5 nitrogen and oxygen atoms in total. The van der Waals surface area contributed by atoms with Gasteiger partial charge in [0, 0.05) is 6.07 Å². The highest BCUT2D eigenvalue weighted by Gasteiger charge is 2.33. The number of quaternary nitrogens is 1. The van der Waals surface area contributed by atoms with Crippen molar-refractivity contribution in [3.05, 3.63) is 45.6 Å². The molecule has 0 radical (unpaired) electrons. The first kappa shape index (κ1) is 17.5. The monoisotopic (exact) mass is 367 g/mol. The number of hydrogen-bond donors (Lipinski definition) is 3. The fraction of sp³-hybridized carbons (Fsp3) is 0.0769. The number of carboxylic acids is 1. The summed E-state index contributed by atoms with van der Waals surface area (Å²) in [6, 6.07) is 3.86. The molecule has 10 heteroatoms. The third-order valence-electron chi connectivity index (χ3n) is 2.89. The van der Waals surface area contributed by atoms with Gasteiger partial charge in [-0.05, 0) is 18.2 Å². The molecular weight excluding hydrogens is 360 g/mol. The fourth-order valence-corrected chi connectivity index (χ4v) is 2.40. The second kappa shape index (κ2) is 6.32. The second-order valence-corrected chi connectivity index (χ2v) is 5.20. The molecule has 23 heavy (non-hydrogen) atoms. The maximum absolute atomic E-state index is 12.8. The van der Waals surface area contributed by atoms with Crippen LogP contribution in [0.5, 0.6) is 0 Å². The number of benzene rings is 1. The van der Waals surface area contributed by atoms with E-state index < -0.39 is 23.4 Å². The lowest BCUT2D eigenvalue weighted by Gasteiger charge is -2.12. The van der Waals surface area contributed by atoms with E-state index in [9.17, 15) is 23.2 Å². The Morgan fingerprint density at radius 2 is 1.83 bits per heavy atom. The van der Waals surface area contributed by atoms with Gasteiger partial charge in [0.25, 0.3) is 0 Å². The number of pyridine rings is 1. The van der Waals surface area contributed by atoms with E-state index >= 15 is 0 Å². The third-order valence-corrected chi connectivity index (χ3v) is 3.49. The van der Waals surface area contributed by atoms with Crippen LogP contribution in [0.2, 0.25) is 10.0 Å². The van der Waals surface area contributed by atoms with Gasteiger partial charge in [0.2, 0.25) is 0 Å². The molecule has 2 rings (SSSR count). The molecule has 0 aliphatic heterocycles. The quantitative estimate of drug-likeness (QED) is 0.573. The molecule has 0 amide bonds. The number of nitrogens with zero attached hydrogens (tertiary/aromatic N) is 1. The largest absolute Gasteiger partial charge is 0.476 e. The van der Waals surface area contributed by atoms with Crippen LogP contribution in [-0.2, 0) is 6.18 Å². The molecule has 0 unspecified atom stereocenters. The molecule has 1 heterocycles. The number of halogens is 5. The summed E-state index contributed by atoms with van der Waals surface area (Å²) in [4.78, 5) is 14.8. The first-order valence-electron chi connectivity index (χ1n) is 5.93. The smallest absolute Gasteiger partial charge is 0.416 e. The van der Waals surface area contributed by atoms with Gasteiger partial charge in [-0.15, -0.1) is 0 Å². The Morgan fingerprint density at radius 3 is 2.35 bits per heavy atom. The maximum Gasteiger partial charge on any atom is 0.416 e. The molecule has 0 atom stereocenters. The lowest BCUT2D eigenvalue weighted by Crippen LogP contribution is -2.74. The topological polar surface area (TPSA) is 87.0 Å². The SMILES string of the molecule is O=C(O)c1nc(-c2c(Cl)cc(C(F)(F)F)cc2[NH2+]O)ccc1Cl. The highest BCUT2D eigenvalue weighted by molar-refractivity contribution is 6.34. The lowest BCUT2D eigenvalue weighted by molar-refractivity contribution is -0.825. The highest BCUT2D eigenvalue weighted by Crippen LogP contribution is 2.39. The van der Waals surface area contributed by atoms with Crippen LogP contribution in [0.4, 0.5) is 18.9 Å². The summed E-state index contributed by atoms with van der Waals surface area (Å²) in [6.45, 7) is 0. The number of carboxylic acid groups (broad SMARTS) is 1. The van der Waals surface area contributed by atoms with E-state index in [1.807, 2.05) is 0 Å². The Bertz CT molecular complexity index is 782. The van der Waals surface area contributed by atoms with Crippen molar-refractivity contribution in [1.29, 1.82) is 0 Å². The summed E-state index contributed by atoms with van der Waals surface area (Å²) in [6.07, 6.45) is -4.65. The number of aromatic carboxylic acids is 1. The van der Waals surface area contributed by atoms with Crippen molar-refractivity contribution in [3.8, 4) is 11.3 Å². The van der Waals surface area contributed by atoms with Gasteiger partial charge in [-0.3, -0.25) is 0 Å². The van der Waals surface area contributed by atoms with Crippen LogP contribution in [0.1, 0.15) is 16.1 Å². The standard InChI is InChI=1S/C13H7Cl2F3N2O3/c14-6-1-2-8(19-11(6)12(21)22)10-7(15)3-5(13(16,17)18)4-9(10)20-23/h1-4,20,23H,(H,21,22)/p+1. The van der Waals surface area contributed by atoms with Crippen molar-refractivity contribution in [2.75, 3.05) is 0 Å². The molecular formula is C13H8Cl2F3N2O3+. The molecule has 122 valence electrons. The van der Waals surface area contributed by atoms with E-state index in [1.165, 1.54) is 12.1 Å². The van der Waals surface area contributed by atoms with E-state index in [1.54, 1.807) is 0 Å².